The molecule has 1 atom stereocenters. The van der Waals surface area contributed by atoms with E-state index in [1.54, 1.807) is 48.5 Å². The summed E-state index contributed by atoms with van der Waals surface area (Å²) in [7, 11) is 0. The van der Waals surface area contributed by atoms with Crippen LogP contribution in [0.2, 0.25) is 0 Å². The maximum absolute atomic E-state index is 13.3. The van der Waals surface area contributed by atoms with Crippen molar-refractivity contribution in [1.29, 1.82) is 0 Å². The summed E-state index contributed by atoms with van der Waals surface area (Å²) >= 11 is 0. The lowest BCUT2D eigenvalue weighted by molar-refractivity contribution is -0.171. The number of halogens is 3. The number of hydrogen-bond donors (Lipinski definition) is 0. The standard InChI is InChI=1S/C18H13F3N2O2/c19-18(20,21)16(25)23-14-9-5-4-8-13(14)22-15(24)10-11-17(22,23)12-6-2-1-3-7-12/h1-9H,10-11H2. The molecule has 0 bridgehead atoms. The zero-order valence-corrected chi connectivity index (χ0v) is 13.0. The molecule has 4 rings (SSSR count). The summed E-state index contributed by atoms with van der Waals surface area (Å²) in [6, 6.07) is 14.6. The molecule has 0 spiro atoms. The smallest absolute Gasteiger partial charge is 0.282 e. The van der Waals surface area contributed by atoms with Crippen LogP contribution >= 0.6 is 0 Å². The van der Waals surface area contributed by atoms with Crippen molar-refractivity contribution in [3.05, 3.63) is 60.2 Å². The minimum Gasteiger partial charge on any atom is -0.282 e. The third-order valence-corrected chi connectivity index (χ3v) is 4.72. The lowest BCUT2D eigenvalue weighted by Crippen LogP contribution is -2.57. The van der Waals surface area contributed by atoms with E-state index >= 15 is 0 Å². The number of para-hydroxylation sites is 2. The molecule has 4 nitrogen and oxygen atoms in total. The number of nitrogens with zero attached hydrogens (tertiary/aromatic N) is 2. The van der Waals surface area contributed by atoms with Crippen LogP contribution in [-0.2, 0) is 15.3 Å². The Bertz CT molecular complexity index is 866. The van der Waals surface area contributed by atoms with Gasteiger partial charge in [-0.3, -0.25) is 19.4 Å². The largest absolute Gasteiger partial charge is 0.471 e. The minimum absolute atomic E-state index is 0.0743. The molecule has 1 fully saturated rings. The highest BCUT2D eigenvalue weighted by Gasteiger charge is 2.62. The number of carbonyl (C=O) groups is 2. The van der Waals surface area contributed by atoms with E-state index in [4.69, 9.17) is 0 Å². The molecule has 128 valence electrons. The van der Waals surface area contributed by atoms with Gasteiger partial charge < -0.3 is 0 Å². The van der Waals surface area contributed by atoms with Crippen molar-refractivity contribution in [2.75, 3.05) is 9.80 Å². The van der Waals surface area contributed by atoms with E-state index in [1.165, 1.54) is 11.0 Å². The Kier molecular flexibility index (Phi) is 3.19. The fourth-order valence-electron chi connectivity index (χ4n) is 3.81. The molecule has 0 aromatic heterocycles. The van der Waals surface area contributed by atoms with Gasteiger partial charge in [-0.2, -0.15) is 13.2 Å². The van der Waals surface area contributed by atoms with Gasteiger partial charge in [-0.1, -0.05) is 42.5 Å². The number of anilines is 2. The Morgan fingerprint density at radius 2 is 1.56 bits per heavy atom. The van der Waals surface area contributed by atoms with Gasteiger partial charge in [-0.15, -0.1) is 0 Å². The molecule has 2 aliphatic heterocycles. The summed E-state index contributed by atoms with van der Waals surface area (Å²) in [6.45, 7) is 0. The van der Waals surface area contributed by atoms with Crippen LogP contribution in [0.25, 0.3) is 0 Å². The Hall–Kier alpha value is -2.83. The lowest BCUT2D eigenvalue weighted by atomic mass is 9.95. The summed E-state index contributed by atoms with van der Waals surface area (Å²) in [5.74, 6) is -2.27. The quantitative estimate of drug-likeness (QED) is 0.792. The number of alkyl halides is 3. The average molecular weight is 346 g/mol. The zero-order valence-electron chi connectivity index (χ0n) is 13.0. The normalized spacial score (nSPS) is 22.1. The molecule has 7 heteroatoms. The van der Waals surface area contributed by atoms with E-state index in [0.717, 1.165) is 4.90 Å². The van der Waals surface area contributed by atoms with Gasteiger partial charge in [0.25, 0.3) is 0 Å². The second-order valence-electron chi connectivity index (χ2n) is 6.04. The Balaban J connectivity index is 2.02. The van der Waals surface area contributed by atoms with Crippen molar-refractivity contribution < 1.29 is 22.8 Å². The van der Waals surface area contributed by atoms with E-state index in [2.05, 4.69) is 0 Å². The van der Waals surface area contributed by atoms with E-state index in [1.807, 2.05) is 0 Å². The highest BCUT2D eigenvalue weighted by molar-refractivity contribution is 6.13. The molecule has 2 amide bonds. The number of rotatable bonds is 1. The van der Waals surface area contributed by atoms with Gasteiger partial charge >= 0.3 is 12.1 Å². The molecular weight excluding hydrogens is 333 g/mol. The summed E-state index contributed by atoms with van der Waals surface area (Å²) in [4.78, 5) is 26.9. The van der Waals surface area contributed by atoms with Crippen LogP contribution in [0.4, 0.5) is 24.5 Å². The van der Waals surface area contributed by atoms with E-state index in [9.17, 15) is 22.8 Å². The first-order valence-electron chi connectivity index (χ1n) is 7.76. The maximum Gasteiger partial charge on any atom is 0.471 e. The molecule has 0 saturated carbocycles. The molecule has 2 heterocycles. The van der Waals surface area contributed by atoms with Gasteiger partial charge in [0, 0.05) is 12.8 Å². The molecule has 0 N–H and O–H groups in total. The topological polar surface area (TPSA) is 40.6 Å². The summed E-state index contributed by atoms with van der Waals surface area (Å²) in [6.07, 6.45) is -4.87. The summed E-state index contributed by atoms with van der Waals surface area (Å²) in [5.41, 5.74) is -0.572. The van der Waals surface area contributed by atoms with Crippen molar-refractivity contribution >= 4 is 23.2 Å². The third kappa shape index (κ3) is 2.01. The van der Waals surface area contributed by atoms with Gasteiger partial charge in [0.1, 0.15) is 0 Å². The van der Waals surface area contributed by atoms with Crippen LogP contribution in [0.15, 0.2) is 54.6 Å². The average Bonchev–Trinajstić information content (AvgIpc) is 3.08. The molecule has 0 aliphatic carbocycles. The number of carbonyl (C=O) groups excluding carboxylic acids is 2. The van der Waals surface area contributed by atoms with Crippen molar-refractivity contribution in [2.45, 2.75) is 24.7 Å². The van der Waals surface area contributed by atoms with Crippen LogP contribution in [0.5, 0.6) is 0 Å². The first-order valence-corrected chi connectivity index (χ1v) is 7.76. The monoisotopic (exact) mass is 346 g/mol. The lowest BCUT2D eigenvalue weighted by Gasteiger charge is -2.40. The van der Waals surface area contributed by atoms with Crippen LogP contribution < -0.4 is 9.80 Å². The van der Waals surface area contributed by atoms with E-state index in [0.29, 0.717) is 11.3 Å². The van der Waals surface area contributed by atoms with Crippen LogP contribution in [0.1, 0.15) is 18.4 Å². The number of hydrogen-bond acceptors (Lipinski definition) is 2. The van der Waals surface area contributed by atoms with Crippen molar-refractivity contribution in [3.8, 4) is 0 Å². The number of benzene rings is 2. The fourth-order valence-corrected chi connectivity index (χ4v) is 3.81. The fraction of sp³-hybridized carbons (Fsp3) is 0.222. The molecule has 25 heavy (non-hydrogen) atoms. The number of fused-ring (bicyclic) bond motifs is 3. The van der Waals surface area contributed by atoms with Gasteiger partial charge in [-0.05, 0) is 17.7 Å². The first kappa shape index (κ1) is 15.7. The van der Waals surface area contributed by atoms with Gasteiger partial charge in [0.15, 0.2) is 5.66 Å². The molecule has 1 unspecified atom stereocenters. The predicted molar refractivity (Wildman–Crippen MR) is 84.8 cm³/mol. The van der Waals surface area contributed by atoms with Crippen LogP contribution in [-0.4, -0.2) is 18.0 Å². The van der Waals surface area contributed by atoms with Crippen LogP contribution in [0, 0.1) is 0 Å². The Morgan fingerprint density at radius 1 is 0.960 bits per heavy atom. The second-order valence-corrected chi connectivity index (χ2v) is 6.04. The van der Waals surface area contributed by atoms with E-state index < -0.39 is 17.7 Å². The molecule has 2 aromatic rings. The predicted octanol–water partition coefficient (Wildman–Crippen LogP) is 3.58. The summed E-state index contributed by atoms with van der Waals surface area (Å²) in [5, 5.41) is 0. The molecule has 2 aromatic carbocycles. The number of amides is 2. The van der Waals surface area contributed by atoms with Gasteiger partial charge in [0.2, 0.25) is 5.91 Å². The molecule has 1 saturated heterocycles. The van der Waals surface area contributed by atoms with Gasteiger partial charge in [0.05, 0.1) is 11.4 Å². The van der Waals surface area contributed by atoms with Gasteiger partial charge in [-0.25, -0.2) is 0 Å². The Morgan fingerprint density at radius 3 is 2.20 bits per heavy atom. The van der Waals surface area contributed by atoms with Crippen molar-refractivity contribution in [3.63, 3.8) is 0 Å². The first-order chi connectivity index (χ1) is 11.9. The van der Waals surface area contributed by atoms with Crippen molar-refractivity contribution in [1.82, 2.24) is 0 Å². The third-order valence-electron chi connectivity index (χ3n) is 4.72. The van der Waals surface area contributed by atoms with E-state index in [-0.39, 0.29) is 24.4 Å². The van der Waals surface area contributed by atoms with Crippen molar-refractivity contribution in [2.24, 2.45) is 0 Å². The maximum atomic E-state index is 13.3. The minimum atomic E-state index is -5.05. The highest BCUT2D eigenvalue weighted by Crippen LogP contribution is 2.56. The summed E-state index contributed by atoms with van der Waals surface area (Å²) < 4.78 is 40.0. The SMILES string of the molecule is O=C1CCC2(c3ccccc3)N1c1ccccc1N2C(=O)C(F)(F)F. The second kappa shape index (κ2) is 5.08. The highest BCUT2D eigenvalue weighted by atomic mass is 19.4. The molecular formula is C18H13F3N2O2. The Labute approximate surface area is 141 Å². The van der Waals surface area contributed by atoms with Crippen LogP contribution in [0.3, 0.4) is 0 Å². The molecule has 2 aliphatic rings. The zero-order chi connectivity index (χ0) is 17.8. The molecule has 0 radical (unpaired) electrons.